The third-order valence-corrected chi connectivity index (χ3v) is 3.64. The van der Waals surface area contributed by atoms with Gasteiger partial charge in [-0.1, -0.05) is 6.42 Å². The lowest BCUT2D eigenvalue weighted by Gasteiger charge is -2.26. The fourth-order valence-corrected chi connectivity index (χ4v) is 2.36. The molecule has 1 saturated carbocycles. The summed E-state index contributed by atoms with van der Waals surface area (Å²) >= 11 is 5.33. The molecule has 5 heteroatoms. The number of Topliss-reactive ketones (excluding diaryl/α,β-unsaturated/α-hetero) is 1. The summed E-state index contributed by atoms with van der Waals surface area (Å²) in [4.78, 5) is 23.0. The molecule has 0 radical (unpaired) electrons. The van der Waals surface area contributed by atoms with Crippen LogP contribution in [-0.4, -0.2) is 29.3 Å². The molecule has 98 valence electrons. The first-order valence-electron chi connectivity index (χ1n) is 6.07. The predicted molar refractivity (Wildman–Crippen MR) is 68.1 cm³/mol. The Labute approximate surface area is 111 Å². The molecule has 0 aromatic carbocycles. The quantitative estimate of drug-likeness (QED) is 0.452. The molecule has 1 aliphatic carbocycles. The topological polar surface area (TPSA) is 48.3 Å². The van der Waals surface area contributed by atoms with Crippen LogP contribution in [0.1, 0.15) is 41.2 Å². The average Bonchev–Trinajstić information content (AvgIpc) is 2.66. The molecular formula is C13H16ClNO3. The Hall–Kier alpha value is -1.13. The van der Waals surface area contributed by atoms with E-state index in [1.807, 2.05) is 12.3 Å². The molecule has 1 aromatic heterocycles. The Morgan fingerprint density at radius 1 is 1.50 bits per heavy atom. The van der Waals surface area contributed by atoms with Gasteiger partial charge in [0.1, 0.15) is 0 Å². The lowest BCUT2D eigenvalue weighted by molar-refractivity contribution is -0.108. The average molecular weight is 270 g/mol. The summed E-state index contributed by atoms with van der Waals surface area (Å²) < 4.78 is 6.76. The van der Waals surface area contributed by atoms with Crippen LogP contribution in [0.4, 0.5) is 0 Å². The molecule has 0 bridgehead atoms. The van der Waals surface area contributed by atoms with Crippen molar-refractivity contribution in [2.45, 2.75) is 31.7 Å². The molecule has 0 unspecified atom stereocenters. The van der Waals surface area contributed by atoms with Gasteiger partial charge in [0.05, 0.1) is 12.3 Å². The van der Waals surface area contributed by atoms with E-state index < -0.39 is 11.0 Å². The predicted octanol–water partition coefficient (Wildman–Crippen LogP) is 2.35. The van der Waals surface area contributed by atoms with E-state index in [2.05, 4.69) is 0 Å². The number of rotatable bonds is 6. The van der Waals surface area contributed by atoms with Gasteiger partial charge in [-0.2, -0.15) is 0 Å². The van der Waals surface area contributed by atoms with Gasteiger partial charge >= 0.3 is 0 Å². The molecule has 0 amide bonds. The zero-order valence-corrected chi connectivity index (χ0v) is 11.1. The van der Waals surface area contributed by atoms with Gasteiger partial charge in [0.15, 0.2) is 0 Å². The number of hydrogen-bond donors (Lipinski definition) is 0. The molecule has 18 heavy (non-hydrogen) atoms. The van der Waals surface area contributed by atoms with Gasteiger partial charge in [0, 0.05) is 19.9 Å². The van der Waals surface area contributed by atoms with Crippen molar-refractivity contribution in [3.8, 4) is 0 Å². The minimum absolute atomic E-state index is 0.392. The highest BCUT2D eigenvalue weighted by molar-refractivity contribution is 6.83. The Morgan fingerprint density at radius 3 is 2.72 bits per heavy atom. The highest BCUT2D eigenvalue weighted by atomic mass is 35.5. The number of methoxy groups -OCH3 is 1. The first-order chi connectivity index (χ1) is 8.65. The Kier molecular flexibility index (Phi) is 4.19. The molecule has 1 aliphatic rings. The molecule has 1 heterocycles. The summed E-state index contributed by atoms with van der Waals surface area (Å²) in [7, 11) is 1.60. The van der Waals surface area contributed by atoms with Crippen molar-refractivity contribution in [2.75, 3.05) is 13.7 Å². The van der Waals surface area contributed by atoms with Crippen molar-refractivity contribution in [3.63, 3.8) is 0 Å². The summed E-state index contributed by atoms with van der Waals surface area (Å²) in [5.74, 6) is -0.219. The van der Waals surface area contributed by atoms with Crippen molar-refractivity contribution >= 4 is 22.6 Å². The number of ether oxygens (including phenoxy) is 1. The van der Waals surface area contributed by atoms with Crippen molar-refractivity contribution in [3.05, 3.63) is 23.5 Å². The van der Waals surface area contributed by atoms with Crippen LogP contribution in [0.15, 0.2) is 12.3 Å². The maximum Gasteiger partial charge on any atom is 0.294 e. The van der Waals surface area contributed by atoms with Crippen LogP contribution >= 0.6 is 11.6 Å². The SMILES string of the molecule is COCCn1ccc(C2CCC2)c1C(=O)C(=O)Cl. The largest absolute Gasteiger partial charge is 0.383 e. The minimum Gasteiger partial charge on any atom is -0.383 e. The van der Waals surface area contributed by atoms with Crippen molar-refractivity contribution in [1.82, 2.24) is 4.57 Å². The van der Waals surface area contributed by atoms with Crippen LogP contribution in [0.2, 0.25) is 0 Å². The molecule has 2 rings (SSSR count). The summed E-state index contributed by atoms with van der Waals surface area (Å²) in [5, 5.41) is -0.923. The van der Waals surface area contributed by atoms with Crippen LogP contribution in [0, 0.1) is 0 Å². The fourth-order valence-electron chi connectivity index (χ4n) is 2.27. The van der Waals surface area contributed by atoms with Crippen LogP contribution in [-0.2, 0) is 16.1 Å². The van der Waals surface area contributed by atoms with Gasteiger partial charge in [-0.3, -0.25) is 9.59 Å². The van der Waals surface area contributed by atoms with E-state index in [-0.39, 0.29) is 0 Å². The Morgan fingerprint density at radius 2 is 2.22 bits per heavy atom. The van der Waals surface area contributed by atoms with E-state index in [1.165, 1.54) is 6.42 Å². The number of aromatic nitrogens is 1. The highest BCUT2D eigenvalue weighted by Crippen LogP contribution is 2.38. The van der Waals surface area contributed by atoms with Crippen molar-refractivity contribution in [1.29, 1.82) is 0 Å². The van der Waals surface area contributed by atoms with Gasteiger partial charge in [-0.05, 0) is 42.0 Å². The first kappa shape index (κ1) is 13.3. The van der Waals surface area contributed by atoms with Crippen molar-refractivity contribution < 1.29 is 14.3 Å². The maximum atomic E-state index is 11.9. The second-order valence-corrected chi connectivity index (χ2v) is 4.88. The molecule has 4 nitrogen and oxygen atoms in total. The molecule has 0 atom stereocenters. The fraction of sp³-hybridized carbons (Fsp3) is 0.538. The first-order valence-corrected chi connectivity index (χ1v) is 6.45. The second-order valence-electron chi connectivity index (χ2n) is 4.54. The standard InChI is InChI=1S/C13H16ClNO3/c1-18-8-7-15-6-5-10(9-3-2-4-9)11(15)12(16)13(14)17/h5-6,9H,2-4,7-8H2,1H3. The number of hydrogen-bond acceptors (Lipinski definition) is 3. The van der Waals surface area contributed by atoms with E-state index in [1.54, 1.807) is 11.7 Å². The second kappa shape index (κ2) is 5.67. The van der Waals surface area contributed by atoms with Gasteiger partial charge in [0.2, 0.25) is 0 Å². The molecular weight excluding hydrogens is 254 g/mol. The number of nitrogens with zero attached hydrogens (tertiary/aromatic N) is 1. The highest BCUT2D eigenvalue weighted by Gasteiger charge is 2.29. The number of carbonyl (C=O) groups is 2. The smallest absolute Gasteiger partial charge is 0.294 e. The van der Waals surface area contributed by atoms with E-state index in [0.29, 0.717) is 24.8 Å². The minimum atomic E-state index is -0.923. The number of ketones is 1. The van der Waals surface area contributed by atoms with Gasteiger partial charge in [-0.15, -0.1) is 0 Å². The molecule has 1 aromatic rings. The van der Waals surface area contributed by atoms with Crippen LogP contribution in [0.5, 0.6) is 0 Å². The third kappa shape index (κ3) is 2.49. The van der Waals surface area contributed by atoms with Crippen molar-refractivity contribution in [2.24, 2.45) is 0 Å². The molecule has 0 spiro atoms. The number of halogens is 1. The number of carbonyl (C=O) groups excluding carboxylic acids is 2. The van der Waals surface area contributed by atoms with E-state index in [0.717, 1.165) is 18.4 Å². The zero-order chi connectivity index (χ0) is 13.1. The molecule has 0 aliphatic heterocycles. The monoisotopic (exact) mass is 269 g/mol. The molecule has 0 saturated heterocycles. The van der Waals surface area contributed by atoms with E-state index in [4.69, 9.17) is 16.3 Å². The summed E-state index contributed by atoms with van der Waals surface area (Å²) in [6.45, 7) is 1.05. The third-order valence-electron chi connectivity index (χ3n) is 3.47. The summed E-state index contributed by atoms with van der Waals surface area (Å²) in [6, 6.07) is 1.92. The normalized spacial score (nSPS) is 15.4. The Bertz CT molecular complexity index is 463. The Balaban J connectivity index is 2.32. The van der Waals surface area contributed by atoms with E-state index >= 15 is 0 Å². The van der Waals surface area contributed by atoms with Gasteiger partial charge in [-0.25, -0.2) is 0 Å². The maximum absolute atomic E-state index is 11.9. The van der Waals surface area contributed by atoms with Crippen LogP contribution < -0.4 is 0 Å². The van der Waals surface area contributed by atoms with Crippen LogP contribution in [0.3, 0.4) is 0 Å². The molecule has 0 N–H and O–H groups in total. The van der Waals surface area contributed by atoms with E-state index in [9.17, 15) is 9.59 Å². The van der Waals surface area contributed by atoms with Gasteiger partial charge in [0.25, 0.3) is 11.0 Å². The van der Waals surface area contributed by atoms with Crippen LogP contribution in [0.25, 0.3) is 0 Å². The van der Waals surface area contributed by atoms with Gasteiger partial charge < -0.3 is 9.30 Å². The summed E-state index contributed by atoms with van der Waals surface area (Å²) in [5.41, 5.74) is 1.40. The zero-order valence-electron chi connectivity index (χ0n) is 10.3. The molecule has 1 fully saturated rings. The summed E-state index contributed by atoms with van der Waals surface area (Å²) in [6.07, 6.45) is 5.16. The lowest BCUT2D eigenvalue weighted by Crippen LogP contribution is -2.20. The lowest BCUT2D eigenvalue weighted by atomic mass is 9.79.